The van der Waals surface area contributed by atoms with Crippen LogP contribution in [0.5, 0.6) is 0 Å². The fourth-order valence-corrected chi connectivity index (χ4v) is 3.21. The van der Waals surface area contributed by atoms with Crippen LogP contribution in [0, 0.1) is 5.41 Å². The van der Waals surface area contributed by atoms with Crippen molar-refractivity contribution in [3.63, 3.8) is 0 Å². The van der Waals surface area contributed by atoms with Gasteiger partial charge in [-0.1, -0.05) is 5.57 Å². The van der Waals surface area contributed by atoms with Gasteiger partial charge in [-0.2, -0.15) is 0 Å². The van der Waals surface area contributed by atoms with Crippen LogP contribution in [-0.2, 0) is 23.8 Å². The van der Waals surface area contributed by atoms with Crippen LogP contribution >= 0.6 is 0 Å². The van der Waals surface area contributed by atoms with Gasteiger partial charge in [-0.3, -0.25) is 4.79 Å². The van der Waals surface area contributed by atoms with Gasteiger partial charge in [0.15, 0.2) is 11.6 Å². The van der Waals surface area contributed by atoms with E-state index in [4.69, 9.17) is 14.6 Å². The van der Waals surface area contributed by atoms with Crippen LogP contribution in [0.25, 0.3) is 0 Å². The molecule has 24 heavy (non-hydrogen) atoms. The predicted molar refractivity (Wildman–Crippen MR) is 89.7 cm³/mol. The Morgan fingerprint density at radius 1 is 1.29 bits per heavy atom. The Balaban J connectivity index is 0.000000648. The molecule has 0 aromatic heterocycles. The molecule has 2 rings (SSSR count). The van der Waals surface area contributed by atoms with Gasteiger partial charge in [0.05, 0.1) is 11.7 Å². The van der Waals surface area contributed by atoms with Crippen LogP contribution in [0.4, 0.5) is 0 Å². The number of fused-ring (bicyclic) bond motifs is 1. The molecule has 2 atom stereocenters. The lowest BCUT2D eigenvalue weighted by Crippen LogP contribution is -2.48. The molecule has 0 aromatic rings. The first-order valence-corrected chi connectivity index (χ1v) is 8.19. The van der Waals surface area contributed by atoms with Crippen molar-refractivity contribution in [1.82, 2.24) is 0 Å². The maximum Gasteiger partial charge on any atom is 0.184 e. The number of hydrogen-bond donors (Lipinski definition) is 1. The second kappa shape index (κ2) is 9.11. The van der Waals surface area contributed by atoms with E-state index in [2.05, 4.69) is 4.74 Å². The summed E-state index contributed by atoms with van der Waals surface area (Å²) in [5, 5.41) is 9.16. The Labute approximate surface area is 143 Å². The van der Waals surface area contributed by atoms with Crippen LogP contribution in [0.15, 0.2) is 23.5 Å². The first kappa shape index (κ1) is 20.5. The highest BCUT2D eigenvalue weighted by atomic mass is 16.7. The van der Waals surface area contributed by atoms with Crippen molar-refractivity contribution in [2.24, 2.45) is 5.41 Å². The molecule has 1 saturated carbocycles. The number of allylic oxidation sites excluding steroid dienone is 3. The standard InChI is InChI=1S/C15H20O5.C3H8O/c1-3-20-15(19-2)5-4-12-6-13(18)11(8-16)7-14(12,9-15)10-17;1-3-4-2/h6,8,10,16H,3-5,7,9H2,1-2H3;3H2,1-2H3/b11-8-;. The van der Waals surface area contributed by atoms with Crippen LogP contribution in [0.1, 0.15) is 39.5 Å². The van der Waals surface area contributed by atoms with E-state index in [9.17, 15) is 9.59 Å². The predicted octanol–water partition coefficient (Wildman–Crippen LogP) is 2.73. The highest BCUT2D eigenvalue weighted by molar-refractivity contribution is 6.06. The van der Waals surface area contributed by atoms with Gasteiger partial charge in [-0.05, 0) is 32.8 Å². The summed E-state index contributed by atoms with van der Waals surface area (Å²) in [7, 11) is 3.25. The van der Waals surface area contributed by atoms with E-state index in [0.717, 1.165) is 24.7 Å². The lowest BCUT2D eigenvalue weighted by Gasteiger charge is -2.47. The van der Waals surface area contributed by atoms with Gasteiger partial charge in [-0.25, -0.2) is 0 Å². The number of ketones is 1. The fourth-order valence-electron chi connectivity index (χ4n) is 3.21. The number of aliphatic hydroxyl groups excluding tert-OH is 1. The minimum Gasteiger partial charge on any atom is -0.515 e. The molecule has 2 aliphatic carbocycles. The average Bonchev–Trinajstić information content (AvgIpc) is 2.62. The second-order valence-electron chi connectivity index (χ2n) is 5.94. The van der Waals surface area contributed by atoms with Crippen LogP contribution < -0.4 is 0 Å². The molecule has 2 aliphatic rings. The van der Waals surface area contributed by atoms with Crippen molar-refractivity contribution in [3.05, 3.63) is 23.5 Å². The molecule has 136 valence electrons. The molecule has 0 aliphatic heterocycles. The molecule has 0 spiro atoms. The van der Waals surface area contributed by atoms with Crippen molar-refractivity contribution in [2.75, 3.05) is 27.4 Å². The highest BCUT2D eigenvalue weighted by Crippen LogP contribution is 2.51. The molecule has 0 radical (unpaired) electrons. The van der Waals surface area contributed by atoms with Crippen molar-refractivity contribution >= 4 is 12.1 Å². The molecule has 6 heteroatoms. The molecular formula is C18H28O6. The Hall–Kier alpha value is -1.50. The number of carbonyl (C=O) groups excluding carboxylic acids is 2. The number of aldehydes is 1. The molecule has 0 heterocycles. The van der Waals surface area contributed by atoms with E-state index in [-0.39, 0.29) is 17.8 Å². The number of rotatable bonds is 5. The quantitative estimate of drug-likeness (QED) is 0.359. The smallest absolute Gasteiger partial charge is 0.184 e. The third-order valence-electron chi connectivity index (χ3n) is 4.58. The minimum absolute atomic E-state index is 0.204. The monoisotopic (exact) mass is 340 g/mol. The third-order valence-corrected chi connectivity index (χ3v) is 4.58. The van der Waals surface area contributed by atoms with Gasteiger partial charge in [-0.15, -0.1) is 0 Å². The molecule has 0 amide bonds. The summed E-state index contributed by atoms with van der Waals surface area (Å²) in [6.45, 7) is 5.15. The fraction of sp³-hybridized carbons (Fsp3) is 0.667. The van der Waals surface area contributed by atoms with Crippen LogP contribution in [-0.4, -0.2) is 50.4 Å². The zero-order valence-corrected chi connectivity index (χ0v) is 15.0. The van der Waals surface area contributed by atoms with E-state index in [0.29, 0.717) is 25.9 Å². The van der Waals surface area contributed by atoms with Gasteiger partial charge in [0.25, 0.3) is 0 Å². The number of methoxy groups -OCH3 is 2. The van der Waals surface area contributed by atoms with Gasteiger partial charge >= 0.3 is 0 Å². The van der Waals surface area contributed by atoms with E-state index in [1.807, 2.05) is 13.8 Å². The molecule has 6 nitrogen and oxygen atoms in total. The third kappa shape index (κ3) is 4.32. The summed E-state index contributed by atoms with van der Waals surface area (Å²) in [5.74, 6) is -1.02. The Morgan fingerprint density at radius 3 is 2.42 bits per heavy atom. The summed E-state index contributed by atoms with van der Waals surface area (Å²) in [6.07, 6.45) is 4.90. The number of carbonyl (C=O) groups is 2. The zero-order valence-electron chi connectivity index (χ0n) is 15.0. The number of aliphatic hydroxyl groups is 1. The largest absolute Gasteiger partial charge is 0.515 e. The summed E-state index contributed by atoms with van der Waals surface area (Å²) >= 11 is 0. The molecule has 0 bridgehead atoms. The normalized spacial score (nSPS) is 30.9. The molecule has 1 fully saturated rings. The molecule has 1 N–H and O–H groups in total. The van der Waals surface area contributed by atoms with Crippen molar-refractivity contribution in [2.45, 2.75) is 45.3 Å². The molecule has 0 saturated heterocycles. The zero-order chi connectivity index (χ0) is 18.2. The Bertz CT molecular complexity index is 508. The number of hydrogen-bond acceptors (Lipinski definition) is 6. The summed E-state index contributed by atoms with van der Waals surface area (Å²) in [6, 6.07) is 0. The van der Waals surface area contributed by atoms with Gasteiger partial charge in [0.2, 0.25) is 0 Å². The van der Waals surface area contributed by atoms with E-state index in [1.54, 1.807) is 14.2 Å². The maximum atomic E-state index is 11.8. The van der Waals surface area contributed by atoms with E-state index < -0.39 is 11.2 Å². The first-order chi connectivity index (χ1) is 11.5. The molecule has 2 unspecified atom stereocenters. The second-order valence-corrected chi connectivity index (χ2v) is 5.94. The number of ether oxygens (including phenoxy) is 3. The first-order valence-electron chi connectivity index (χ1n) is 8.19. The summed E-state index contributed by atoms with van der Waals surface area (Å²) in [5.41, 5.74) is 0.256. The SMILES string of the molecule is CCOC.CCOC1(OC)CCC2=CC(=O)/C(=C\O)CC2(C=O)C1. The summed E-state index contributed by atoms with van der Waals surface area (Å²) in [4.78, 5) is 23.5. The lowest BCUT2D eigenvalue weighted by atomic mass is 9.62. The highest BCUT2D eigenvalue weighted by Gasteiger charge is 2.51. The van der Waals surface area contributed by atoms with Gasteiger partial charge in [0, 0.05) is 45.8 Å². The van der Waals surface area contributed by atoms with Gasteiger partial charge < -0.3 is 24.1 Å². The van der Waals surface area contributed by atoms with Crippen molar-refractivity contribution in [1.29, 1.82) is 0 Å². The Morgan fingerprint density at radius 2 is 1.96 bits per heavy atom. The van der Waals surface area contributed by atoms with Gasteiger partial charge in [0.1, 0.15) is 6.29 Å². The minimum atomic E-state index is -0.814. The van der Waals surface area contributed by atoms with Crippen LogP contribution in [0.3, 0.4) is 0 Å². The van der Waals surface area contributed by atoms with E-state index in [1.165, 1.54) is 6.08 Å². The van der Waals surface area contributed by atoms with Crippen molar-refractivity contribution < 1.29 is 28.9 Å². The summed E-state index contributed by atoms with van der Waals surface area (Å²) < 4.78 is 15.8. The Kier molecular flexibility index (Phi) is 7.79. The maximum absolute atomic E-state index is 11.8. The lowest BCUT2D eigenvalue weighted by molar-refractivity contribution is -0.245. The molecular weight excluding hydrogens is 312 g/mol. The molecule has 0 aromatic carbocycles. The average molecular weight is 340 g/mol. The van der Waals surface area contributed by atoms with Crippen LogP contribution in [0.2, 0.25) is 0 Å². The van der Waals surface area contributed by atoms with Crippen molar-refractivity contribution in [3.8, 4) is 0 Å². The topological polar surface area (TPSA) is 82.1 Å². The van der Waals surface area contributed by atoms with E-state index >= 15 is 0 Å².